The van der Waals surface area contributed by atoms with Crippen LogP contribution in [0.3, 0.4) is 0 Å². The molecule has 0 aliphatic carbocycles. The van der Waals surface area contributed by atoms with E-state index in [1.54, 1.807) is 24.3 Å². The maximum absolute atomic E-state index is 12.5. The van der Waals surface area contributed by atoms with Crippen LogP contribution in [0.25, 0.3) is 11.0 Å². The Morgan fingerprint density at radius 1 is 0.871 bits per heavy atom. The fourth-order valence-corrected chi connectivity index (χ4v) is 3.97. The molecule has 0 unspecified atom stereocenters. The number of Topliss-reactive ketones (excluding diaryl/α,β-unsaturated/α-hetero) is 1. The zero-order chi connectivity index (χ0) is 21.6. The van der Waals surface area contributed by atoms with Crippen molar-refractivity contribution in [1.29, 1.82) is 0 Å². The Morgan fingerprint density at radius 3 is 2.32 bits per heavy atom. The van der Waals surface area contributed by atoms with Crippen molar-refractivity contribution < 1.29 is 9.59 Å². The number of ketones is 1. The van der Waals surface area contributed by atoms with Gasteiger partial charge in [0.05, 0.1) is 22.5 Å². The molecule has 0 bridgehead atoms. The molecular weight excluding hydrogens is 406 g/mol. The minimum atomic E-state index is -0.161. The molecule has 1 heterocycles. The number of thioether (sulfide) groups is 1. The van der Waals surface area contributed by atoms with Gasteiger partial charge in [0.1, 0.15) is 5.03 Å². The first-order chi connectivity index (χ1) is 15.1. The lowest BCUT2D eigenvalue weighted by molar-refractivity contribution is -0.113. The summed E-state index contributed by atoms with van der Waals surface area (Å²) < 4.78 is 0. The molecule has 31 heavy (non-hydrogen) atoms. The van der Waals surface area contributed by atoms with Crippen LogP contribution in [0.1, 0.15) is 28.5 Å². The number of rotatable bonds is 7. The summed E-state index contributed by atoms with van der Waals surface area (Å²) in [4.78, 5) is 33.7. The summed E-state index contributed by atoms with van der Waals surface area (Å²) >= 11 is 1.37. The van der Waals surface area contributed by atoms with Crippen LogP contribution in [-0.2, 0) is 11.2 Å². The molecule has 0 saturated carbocycles. The van der Waals surface area contributed by atoms with Gasteiger partial charge in [0, 0.05) is 17.7 Å². The number of anilines is 1. The summed E-state index contributed by atoms with van der Waals surface area (Å²) in [5, 5.41) is 3.60. The number of carbonyl (C=O) groups excluding carboxylic acids is 2. The Morgan fingerprint density at radius 2 is 1.58 bits per heavy atom. The number of nitrogens with zero attached hydrogens (tertiary/aromatic N) is 2. The van der Waals surface area contributed by atoms with Crippen molar-refractivity contribution in [3.63, 3.8) is 0 Å². The lowest BCUT2D eigenvalue weighted by atomic mass is 10.1. The van der Waals surface area contributed by atoms with E-state index in [9.17, 15) is 9.59 Å². The molecule has 0 atom stereocenters. The van der Waals surface area contributed by atoms with Gasteiger partial charge in [0.15, 0.2) is 5.78 Å². The van der Waals surface area contributed by atoms with Crippen LogP contribution in [0.5, 0.6) is 0 Å². The molecule has 4 rings (SSSR count). The molecule has 0 aliphatic heterocycles. The fraction of sp³-hybridized carbons (Fsp3) is 0.120. The average molecular weight is 428 g/mol. The van der Waals surface area contributed by atoms with Crippen LogP contribution >= 0.6 is 11.8 Å². The molecule has 0 radical (unpaired) electrons. The number of nitrogens with one attached hydrogen (secondary N) is 1. The maximum Gasteiger partial charge on any atom is 0.234 e. The largest absolute Gasteiger partial charge is 0.325 e. The highest BCUT2D eigenvalue weighted by atomic mass is 32.2. The molecule has 1 aromatic heterocycles. The fourth-order valence-electron chi connectivity index (χ4n) is 3.19. The zero-order valence-corrected chi connectivity index (χ0v) is 17.9. The van der Waals surface area contributed by atoms with Crippen LogP contribution in [0.2, 0.25) is 0 Å². The predicted molar refractivity (Wildman–Crippen MR) is 125 cm³/mol. The molecule has 4 aromatic rings. The van der Waals surface area contributed by atoms with Gasteiger partial charge < -0.3 is 5.32 Å². The highest BCUT2D eigenvalue weighted by Crippen LogP contribution is 2.25. The van der Waals surface area contributed by atoms with E-state index in [4.69, 9.17) is 9.97 Å². The highest BCUT2D eigenvalue weighted by molar-refractivity contribution is 8.00. The van der Waals surface area contributed by atoms with Gasteiger partial charge in [-0.15, -0.1) is 0 Å². The normalized spacial score (nSPS) is 10.7. The Bertz CT molecular complexity index is 1240. The van der Waals surface area contributed by atoms with Crippen LogP contribution < -0.4 is 5.32 Å². The molecule has 0 fully saturated rings. The van der Waals surface area contributed by atoms with E-state index in [-0.39, 0.29) is 17.4 Å². The van der Waals surface area contributed by atoms with E-state index in [1.165, 1.54) is 18.7 Å². The summed E-state index contributed by atoms with van der Waals surface area (Å²) in [5.41, 5.74) is 4.80. The SMILES string of the molecule is CC(=O)c1cccc(NC(=O)CSc2nc3ccccc3nc2Cc2ccccc2)c1. The van der Waals surface area contributed by atoms with Crippen molar-refractivity contribution in [2.24, 2.45) is 0 Å². The number of amides is 1. The summed E-state index contributed by atoms with van der Waals surface area (Å²) in [6.45, 7) is 1.50. The van der Waals surface area contributed by atoms with Gasteiger partial charge in [-0.2, -0.15) is 0 Å². The first-order valence-electron chi connectivity index (χ1n) is 9.92. The van der Waals surface area contributed by atoms with Crippen molar-refractivity contribution in [3.05, 3.63) is 95.7 Å². The topological polar surface area (TPSA) is 72.0 Å². The van der Waals surface area contributed by atoms with Gasteiger partial charge in [-0.3, -0.25) is 9.59 Å². The Kier molecular flexibility index (Phi) is 6.38. The van der Waals surface area contributed by atoms with E-state index in [0.717, 1.165) is 27.3 Å². The lowest BCUT2D eigenvalue weighted by Gasteiger charge is -2.10. The third-order valence-electron chi connectivity index (χ3n) is 4.71. The number of hydrogen-bond donors (Lipinski definition) is 1. The number of carbonyl (C=O) groups is 2. The lowest BCUT2D eigenvalue weighted by Crippen LogP contribution is -2.15. The first kappa shape index (κ1) is 20.8. The second-order valence-corrected chi connectivity index (χ2v) is 8.06. The van der Waals surface area contributed by atoms with Crippen molar-refractivity contribution in [2.45, 2.75) is 18.4 Å². The minimum absolute atomic E-state index is 0.0394. The van der Waals surface area contributed by atoms with E-state index < -0.39 is 0 Å². The Labute approximate surface area is 184 Å². The minimum Gasteiger partial charge on any atom is -0.325 e. The molecule has 5 nitrogen and oxygen atoms in total. The molecule has 154 valence electrons. The predicted octanol–water partition coefficient (Wildman–Crippen LogP) is 5.15. The zero-order valence-electron chi connectivity index (χ0n) is 17.0. The third kappa shape index (κ3) is 5.35. The maximum atomic E-state index is 12.5. The third-order valence-corrected chi connectivity index (χ3v) is 5.72. The standard InChI is InChI=1S/C25H21N3O2S/c1-17(29)19-10-7-11-20(15-19)26-24(30)16-31-25-23(14-18-8-3-2-4-9-18)27-21-12-5-6-13-22(21)28-25/h2-13,15H,14,16H2,1H3,(H,26,30). The second-order valence-electron chi connectivity index (χ2n) is 7.10. The average Bonchev–Trinajstić information content (AvgIpc) is 2.78. The van der Waals surface area contributed by atoms with Gasteiger partial charge in [0.2, 0.25) is 5.91 Å². The van der Waals surface area contributed by atoms with E-state index >= 15 is 0 Å². The highest BCUT2D eigenvalue weighted by Gasteiger charge is 2.13. The number of hydrogen-bond acceptors (Lipinski definition) is 5. The molecule has 3 aromatic carbocycles. The van der Waals surface area contributed by atoms with Gasteiger partial charge in [-0.1, -0.05) is 66.4 Å². The first-order valence-corrected chi connectivity index (χ1v) is 10.9. The molecule has 1 N–H and O–H groups in total. The van der Waals surface area contributed by atoms with E-state index in [0.29, 0.717) is 17.7 Å². The van der Waals surface area contributed by atoms with Gasteiger partial charge >= 0.3 is 0 Å². The molecule has 1 amide bonds. The number of para-hydroxylation sites is 2. The quantitative estimate of drug-likeness (QED) is 0.326. The molecule has 0 saturated heterocycles. The monoisotopic (exact) mass is 427 g/mol. The second kappa shape index (κ2) is 9.53. The summed E-state index contributed by atoms with van der Waals surface area (Å²) in [7, 11) is 0. The van der Waals surface area contributed by atoms with Crippen LogP contribution in [-0.4, -0.2) is 27.4 Å². The Balaban J connectivity index is 1.52. The molecular formula is C25H21N3O2S. The van der Waals surface area contributed by atoms with Crippen LogP contribution in [0.15, 0.2) is 83.9 Å². The van der Waals surface area contributed by atoms with Crippen LogP contribution in [0, 0.1) is 0 Å². The van der Waals surface area contributed by atoms with Gasteiger partial charge in [0.25, 0.3) is 0 Å². The summed E-state index contributed by atoms with van der Waals surface area (Å²) in [5.74, 6) is -0.00664. The smallest absolute Gasteiger partial charge is 0.234 e. The number of benzene rings is 3. The van der Waals surface area contributed by atoms with Gasteiger partial charge in [-0.05, 0) is 36.8 Å². The molecule has 0 spiro atoms. The molecule has 6 heteroatoms. The van der Waals surface area contributed by atoms with Crippen LogP contribution in [0.4, 0.5) is 5.69 Å². The Hall–Kier alpha value is -3.51. The van der Waals surface area contributed by atoms with Crippen molar-refractivity contribution >= 4 is 40.2 Å². The van der Waals surface area contributed by atoms with Gasteiger partial charge in [-0.25, -0.2) is 9.97 Å². The van der Waals surface area contributed by atoms with Crippen molar-refractivity contribution in [2.75, 3.05) is 11.1 Å². The van der Waals surface area contributed by atoms with Crippen molar-refractivity contribution in [3.8, 4) is 0 Å². The van der Waals surface area contributed by atoms with E-state index in [2.05, 4.69) is 17.4 Å². The summed E-state index contributed by atoms with van der Waals surface area (Å²) in [6.07, 6.45) is 0.642. The summed E-state index contributed by atoms with van der Waals surface area (Å²) in [6, 6.07) is 24.8. The molecule has 0 aliphatic rings. The van der Waals surface area contributed by atoms with E-state index in [1.807, 2.05) is 42.5 Å². The van der Waals surface area contributed by atoms with Crippen molar-refractivity contribution in [1.82, 2.24) is 9.97 Å². The number of fused-ring (bicyclic) bond motifs is 1. The number of aromatic nitrogens is 2.